The first-order valence-corrected chi connectivity index (χ1v) is 4.61. The van der Waals surface area contributed by atoms with Gasteiger partial charge in [-0.05, 0) is 7.60 Å². The molecule has 0 fully saturated rings. The lowest BCUT2D eigenvalue weighted by molar-refractivity contribution is -0.447. The smallest absolute Gasteiger partial charge is 0.115 e. The van der Waals surface area contributed by atoms with E-state index in [0.717, 1.165) is 0 Å². The highest BCUT2D eigenvalue weighted by Gasteiger charge is 2.26. The van der Waals surface area contributed by atoms with Crippen molar-refractivity contribution in [1.29, 1.82) is 0 Å². The zero-order valence-corrected chi connectivity index (χ0v) is 7.35. The van der Waals surface area contributed by atoms with Crippen LogP contribution in [0, 0.1) is 5.41 Å². The third-order valence-electron chi connectivity index (χ3n) is 1.38. The summed E-state index contributed by atoms with van der Waals surface area (Å²) in [5.41, 5.74) is 2.74. The molecule has 0 aliphatic rings. The van der Waals surface area contributed by atoms with Crippen molar-refractivity contribution in [3.63, 3.8) is 0 Å². The van der Waals surface area contributed by atoms with E-state index < -0.39 is 18.8 Å². The molecule has 0 unspecified atom stereocenters. The molecule has 0 aromatic carbocycles. The Hall–Kier alpha value is 0.110. The van der Waals surface area contributed by atoms with E-state index in [4.69, 9.17) is 0 Å². The van der Waals surface area contributed by atoms with Crippen LogP contribution in [0.25, 0.3) is 0 Å². The largest absolute Gasteiger partial charge is 0.807 e. The molecule has 0 radical (unpaired) electrons. The topological polar surface area (TPSA) is 90.8 Å². The van der Waals surface area contributed by atoms with Crippen molar-refractivity contribution in [2.75, 3.05) is 0 Å². The van der Waals surface area contributed by atoms with Crippen LogP contribution in [-0.2, 0) is 4.57 Å². The molecule has 0 aliphatic heterocycles. The highest BCUT2D eigenvalue weighted by atomic mass is 31.2. The Balaban J connectivity index is 4.39. The second-order valence-electron chi connectivity index (χ2n) is 3.42. The number of hydrogen-bond acceptors (Lipinski definition) is 3. The van der Waals surface area contributed by atoms with Crippen LogP contribution in [0.2, 0.25) is 0 Å². The normalized spacial score (nSPS) is 17.0. The van der Waals surface area contributed by atoms with Crippen LogP contribution in [0.1, 0.15) is 20.8 Å². The number of quaternary nitrogens is 1. The van der Waals surface area contributed by atoms with Crippen LogP contribution in [0.5, 0.6) is 0 Å². The summed E-state index contributed by atoms with van der Waals surface area (Å²) in [7, 11) is -4.49. The summed E-state index contributed by atoms with van der Waals surface area (Å²) in [6.07, 6.45) is 0. The van der Waals surface area contributed by atoms with Crippen molar-refractivity contribution < 1.29 is 20.1 Å². The van der Waals surface area contributed by atoms with Gasteiger partial charge < -0.3 is 20.1 Å². The molecule has 10 heavy (non-hydrogen) atoms. The molecule has 0 rings (SSSR count). The van der Waals surface area contributed by atoms with Crippen LogP contribution in [-0.4, -0.2) is 5.78 Å². The van der Waals surface area contributed by atoms with Crippen LogP contribution < -0.4 is 15.5 Å². The van der Waals surface area contributed by atoms with Crippen LogP contribution in [0.4, 0.5) is 0 Å². The van der Waals surface area contributed by atoms with Crippen molar-refractivity contribution >= 4 is 7.60 Å². The van der Waals surface area contributed by atoms with Gasteiger partial charge in [-0.1, -0.05) is 20.8 Å². The Labute approximate surface area is 60.6 Å². The fourth-order valence-corrected chi connectivity index (χ4v) is 1.42. The summed E-state index contributed by atoms with van der Waals surface area (Å²) in [6, 6.07) is 0. The lowest BCUT2D eigenvalue weighted by Gasteiger charge is -2.39. The zero-order chi connectivity index (χ0) is 8.58. The van der Waals surface area contributed by atoms with E-state index in [9.17, 15) is 14.4 Å². The van der Waals surface area contributed by atoms with Gasteiger partial charge in [-0.15, -0.1) is 0 Å². The lowest BCUT2D eigenvalue weighted by atomic mass is 9.97. The van der Waals surface area contributed by atoms with Gasteiger partial charge in [0.1, 0.15) is 5.78 Å². The van der Waals surface area contributed by atoms with Crippen molar-refractivity contribution in [3.8, 4) is 0 Å². The molecule has 0 aliphatic carbocycles. The van der Waals surface area contributed by atoms with Gasteiger partial charge >= 0.3 is 0 Å². The monoisotopic (exact) mass is 166 g/mol. The molecule has 0 heterocycles. The first-order valence-electron chi connectivity index (χ1n) is 3.00. The highest BCUT2D eigenvalue weighted by molar-refractivity contribution is 7.49. The average molecular weight is 166 g/mol. The van der Waals surface area contributed by atoms with Gasteiger partial charge in [0.2, 0.25) is 0 Å². The summed E-state index contributed by atoms with van der Waals surface area (Å²) in [5.74, 6) is -1.04. The molecule has 5 heteroatoms. The first kappa shape index (κ1) is 10.1. The molecule has 0 bridgehead atoms. The second kappa shape index (κ2) is 2.62. The SMILES string of the molecule is CC(C)(C)[C@H]([NH3+])P(=O)([O-])[O-]. The predicted octanol–water partition coefficient (Wildman–Crippen LogP) is -1.49. The van der Waals surface area contributed by atoms with E-state index in [1.165, 1.54) is 0 Å². The number of rotatable bonds is 1. The van der Waals surface area contributed by atoms with Crippen LogP contribution >= 0.6 is 7.60 Å². The molecule has 0 amide bonds. The molecule has 4 nitrogen and oxygen atoms in total. The van der Waals surface area contributed by atoms with E-state index in [0.29, 0.717) is 0 Å². The van der Waals surface area contributed by atoms with E-state index in [1.807, 2.05) is 0 Å². The summed E-state index contributed by atoms with van der Waals surface area (Å²) in [5, 5.41) is 0. The summed E-state index contributed by atoms with van der Waals surface area (Å²) >= 11 is 0. The van der Waals surface area contributed by atoms with Crippen molar-refractivity contribution in [2.45, 2.75) is 26.6 Å². The Morgan fingerprint density at radius 3 is 1.70 bits per heavy atom. The molecule has 0 aromatic heterocycles. The Morgan fingerprint density at radius 1 is 1.40 bits per heavy atom. The summed E-state index contributed by atoms with van der Waals surface area (Å²) in [4.78, 5) is 20.8. The quantitative estimate of drug-likeness (QED) is 0.481. The van der Waals surface area contributed by atoms with Crippen molar-refractivity contribution in [1.82, 2.24) is 0 Å². The minimum atomic E-state index is -4.49. The summed E-state index contributed by atoms with van der Waals surface area (Å²) < 4.78 is 10.4. The molecular weight excluding hydrogens is 153 g/mol. The Bertz CT molecular complexity index is 157. The minimum Gasteiger partial charge on any atom is -0.807 e. The van der Waals surface area contributed by atoms with Crippen molar-refractivity contribution in [2.24, 2.45) is 5.41 Å². The van der Waals surface area contributed by atoms with E-state index in [1.54, 1.807) is 20.8 Å². The Morgan fingerprint density at radius 2 is 1.70 bits per heavy atom. The molecule has 0 aromatic rings. The van der Waals surface area contributed by atoms with E-state index in [2.05, 4.69) is 5.73 Å². The first-order chi connectivity index (χ1) is 4.15. The van der Waals surface area contributed by atoms with Gasteiger partial charge in [0.15, 0.2) is 0 Å². The van der Waals surface area contributed by atoms with Gasteiger partial charge in [-0.3, -0.25) is 0 Å². The van der Waals surface area contributed by atoms with E-state index in [-0.39, 0.29) is 0 Å². The lowest BCUT2D eigenvalue weighted by Crippen LogP contribution is -2.68. The predicted molar refractivity (Wildman–Crippen MR) is 33.7 cm³/mol. The Kier molecular flexibility index (Phi) is 2.65. The maximum absolute atomic E-state index is 10.4. The van der Waals surface area contributed by atoms with Gasteiger partial charge in [0.05, 0.1) is 0 Å². The fraction of sp³-hybridized carbons (Fsp3) is 1.00. The number of hydrogen-bond donors (Lipinski definition) is 1. The van der Waals surface area contributed by atoms with E-state index >= 15 is 0 Å². The van der Waals surface area contributed by atoms with Crippen molar-refractivity contribution in [3.05, 3.63) is 0 Å². The van der Waals surface area contributed by atoms with Gasteiger partial charge in [0, 0.05) is 5.41 Å². The second-order valence-corrected chi connectivity index (χ2v) is 5.12. The molecule has 0 saturated heterocycles. The maximum atomic E-state index is 10.4. The third-order valence-corrected chi connectivity index (χ3v) is 2.92. The highest BCUT2D eigenvalue weighted by Crippen LogP contribution is 2.37. The molecule has 1 atom stereocenters. The maximum Gasteiger partial charge on any atom is 0.115 e. The van der Waals surface area contributed by atoms with Crippen LogP contribution in [0.3, 0.4) is 0 Å². The van der Waals surface area contributed by atoms with Gasteiger partial charge in [0.25, 0.3) is 0 Å². The molecule has 0 spiro atoms. The van der Waals surface area contributed by atoms with Gasteiger partial charge in [-0.25, -0.2) is 0 Å². The minimum absolute atomic E-state index is 0.557. The standard InChI is InChI=1S/C5H14NO3P/c1-5(2,3)4(6)10(7,8)9/h4H,6H2,1-3H3,(H2,7,8,9)/p-1/t4-/m1/s1. The fourth-order valence-electron chi connectivity index (χ4n) is 0.474. The molecule has 62 valence electrons. The third kappa shape index (κ3) is 2.80. The van der Waals surface area contributed by atoms with Gasteiger partial charge in [-0.2, -0.15) is 0 Å². The molecule has 0 saturated carbocycles. The average Bonchev–Trinajstić information content (AvgIpc) is 1.59. The molecule has 3 N–H and O–H groups in total. The summed E-state index contributed by atoms with van der Waals surface area (Å²) in [6.45, 7) is 5.02. The van der Waals surface area contributed by atoms with Crippen LogP contribution in [0.15, 0.2) is 0 Å². The molecular formula is C5H13NO3P-. The zero-order valence-electron chi connectivity index (χ0n) is 6.46.